The van der Waals surface area contributed by atoms with Gasteiger partial charge in [0.2, 0.25) is 0 Å². The lowest BCUT2D eigenvalue weighted by Gasteiger charge is -2.53. The van der Waals surface area contributed by atoms with E-state index in [0.29, 0.717) is 5.54 Å². The fraction of sp³-hybridized carbons (Fsp3) is 1.00. The van der Waals surface area contributed by atoms with Gasteiger partial charge in [-0.3, -0.25) is 0 Å². The first-order valence-corrected chi connectivity index (χ1v) is 9.15. The summed E-state index contributed by atoms with van der Waals surface area (Å²) in [5.41, 5.74) is 0.413. The van der Waals surface area contributed by atoms with Gasteiger partial charge in [0.15, 0.2) is 0 Å². The molecule has 1 N–H and O–H groups in total. The summed E-state index contributed by atoms with van der Waals surface area (Å²) in [6.45, 7) is 16.1. The van der Waals surface area contributed by atoms with Crippen molar-refractivity contribution in [2.45, 2.75) is 84.6 Å². The smallest absolute Gasteiger partial charge is 0.106 e. The second-order valence-electron chi connectivity index (χ2n) is 7.43. The second kappa shape index (κ2) is 9.04. The minimum absolute atomic E-state index is 0.413. The zero-order chi connectivity index (χ0) is 14.9. The van der Waals surface area contributed by atoms with Crippen LogP contribution in [0, 0.1) is 0 Å². The van der Waals surface area contributed by atoms with Crippen LogP contribution >= 0.6 is 0 Å². The third-order valence-electron chi connectivity index (χ3n) is 5.44. The highest BCUT2D eigenvalue weighted by molar-refractivity contribution is 4.79. The number of nitrogens with one attached hydrogen (secondary N) is 1. The molecule has 1 aliphatic heterocycles. The molecule has 2 nitrogen and oxygen atoms in total. The van der Waals surface area contributed by atoms with Crippen LogP contribution in [0.25, 0.3) is 0 Å². The van der Waals surface area contributed by atoms with Crippen LogP contribution in [0.3, 0.4) is 0 Å². The predicted octanol–water partition coefficient (Wildman–Crippen LogP) is 4.35. The summed E-state index contributed by atoms with van der Waals surface area (Å²) in [5.74, 6) is 0. The maximum Gasteiger partial charge on any atom is 0.106 e. The molecule has 1 fully saturated rings. The van der Waals surface area contributed by atoms with Crippen molar-refractivity contribution in [3.63, 3.8) is 0 Å². The van der Waals surface area contributed by atoms with Crippen LogP contribution in [0.5, 0.6) is 0 Å². The van der Waals surface area contributed by atoms with Crippen LogP contribution in [0.2, 0.25) is 0 Å². The summed E-state index contributed by atoms with van der Waals surface area (Å²) in [5, 5.41) is 3.62. The Labute approximate surface area is 127 Å². The lowest BCUT2D eigenvalue weighted by molar-refractivity contribution is -0.974. The van der Waals surface area contributed by atoms with E-state index in [2.05, 4.69) is 33.0 Å². The number of rotatable bonds is 10. The van der Waals surface area contributed by atoms with Crippen molar-refractivity contribution < 1.29 is 4.48 Å². The van der Waals surface area contributed by atoms with Crippen molar-refractivity contribution >= 4 is 0 Å². The average molecular weight is 284 g/mol. The van der Waals surface area contributed by atoms with E-state index >= 15 is 0 Å². The van der Waals surface area contributed by atoms with Crippen LogP contribution < -0.4 is 5.32 Å². The van der Waals surface area contributed by atoms with Gasteiger partial charge in [-0.25, -0.2) is 0 Å². The van der Waals surface area contributed by atoms with Crippen molar-refractivity contribution in [2.75, 3.05) is 32.7 Å². The van der Waals surface area contributed by atoms with Crippen molar-refractivity contribution in [3.8, 4) is 0 Å². The highest BCUT2D eigenvalue weighted by Gasteiger charge is 2.44. The van der Waals surface area contributed by atoms with Gasteiger partial charge in [-0.1, -0.05) is 39.5 Å². The number of hydrogen-bond donors (Lipinski definition) is 1. The zero-order valence-electron chi connectivity index (χ0n) is 14.6. The molecule has 0 aromatic rings. The van der Waals surface area contributed by atoms with E-state index in [1.165, 1.54) is 88.6 Å². The highest BCUT2D eigenvalue weighted by atomic mass is 15.4. The minimum atomic E-state index is 0.413. The molecule has 120 valence electrons. The molecule has 2 heteroatoms. The van der Waals surface area contributed by atoms with Crippen LogP contribution in [0.1, 0.15) is 79.1 Å². The monoisotopic (exact) mass is 283 g/mol. The molecule has 1 heterocycles. The van der Waals surface area contributed by atoms with E-state index in [4.69, 9.17) is 0 Å². The Hall–Kier alpha value is -0.0800. The molecule has 20 heavy (non-hydrogen) atoms. The Morgan fingerprint density at radius 1 is 0.850 bits per heavy atom. The van der Waals surface area contributed by atoms with Crippen LogP contribution in [0.15, 0.2) is 0 Å². The molecule has 0 aromatic heterocycles. The van der Waals surface area contributed by atoms with E-state index in [0.717, 1.165) is 0 Å². The van der Waals surface area contributed by atoms with Gasteiger partial charge in [-0.2, -0.15) is 0 Å². The van der Waals surface area contributed by atoms with Crippen molar-refractivity contribution in [1.29, 1.82) is 0 Å². The van der Waals surface area contributed by atoms with E-state index in [-0.39, 0.29) is 0 Å². The number of piperazine rings is 1. The fourth-order valence-corrected chi connectivity index (χ4v) is 3.78. The number of nitrogens with zero attached hydrogens (tertiary/aromatic N) is 1. The van der Waals surface area contributed by atoms with Gasteiger partial charge >= 0.3 is 0 Å². The largest absolute Gasteiger partial charge is 0.317 e. The molecular formula is C18H39N2+. The molecule has 0 saturated carbocycles. The molecule has 0 amide bonds. The summed E-state index contributed by atoms with van der Waals surface area (Å²) in [6, 6.07) is 0. The van der Waals surface area contributed by atoms with Gasteiger partial charge in [0, 0.05) is 6.54 Å². The molecule has 0 bridgehead atoms. The number of unbranched alkanes of at least 4 members (excludes halogenated alkanes) is 6. The van der Waals surface area contributed by atoms with E-state index in [1.807, 2.05) is 0 Å². The van der Waals surface area contributed by atoms with E-state index in [9.17, 15) is 0 Å². The van der Waals surface area contributed by atoms with Gasteiger partial charge < -0.3 is 9.80 Å². The minimum Gasteiger partial charge on any atom is -0.317 e. The predicted molar refractivity (Wildman–Crippen MR) is 90.1 cm³/mol. The third-order valence-corrected chi connectivity index (χ3v) is 5.44. The molecule has 1 rings (SSSR count). The van der Waals surface area contributed by atoms with Gasteiger partial charge in [0.25, 0.3) is 0 Å². The summed E-state index contributed by atoms with van der Waals surface area (Å²) in [7, 11) is 0. The Morgan fingerprint density at radius 2 is 1.40 bits per heavy atom. The normalized spacial score (nSPS) is 21.0. The fourth-order valence-electron chi connectivity index (χ4n) is 3.78. The lowest BCUT2D eigenvalue weighted by atomic mass is 9.93. The molecular weight excluding hydrogens is 244 g/mol. The summed E-state index contributed by atoms with van der Waals surface area (Å²) in [4.78, 5) is 0. The van der Waals surface area contributed by atoms with E-state index in [1.54, 1.807) is 0 Å². The lowest BCUT2D eigenvalue weighted by Crippen LogP contribution is -2.71. The standard InChI is InChI=1S/C18H39N2/c1-5-7-9-11-14-20(15-12-10-8-6-2)16-13-19-17-18(20,3)4/h19H,5-17H2,1-4H3/q+1. The number of quaternary nitrogens is 1. The van der Waals surface area contributed by atoms with Gasteiger partial charge in [0.1, 0.15) is 5.54 Å². The maximum atomic E-state index is 3.62. The van der Waals surface area contributed by atoms with Gasteiger partial charge in [-0.05, 0) is 39.5 Å². The second-order valence-corrected chi connectivity index (χ2v) is 7.43. The topological polar surface area (TPSA) is 12.0 Å². The van der Waals surface area contributed by atoms with Crippen LogP contribution in [0.4, 0.5) is 0 Å². The highest BCUT2D eigenvalue weighted by Crippen LogP contribution is 2.29. The Kier molecular flexibility index (Phi) is 8.13. The third kappa shape index (κ3) is 5.04. The van der Waals surface area contributed by atoms with Crippen molar-refractivity contribution in [1.82, 2.24) is 5.32 Å². The average Bonchev–Trinajstić information content (AvgIpc) is 2.42. The Bertz CT molecular complexity index is 236. The zero-order valence-corrected chi connectivity index (χ0v) is 14.6. The summed E-state index contributed by atoms with van der Waals surface area (Å²) < 4.78 is 1.37. The first-order chi connectivity index (χ1) is 9.58. The summed E-state index contributed by atoms with van der Waals surface area (Å²) in [6.07, 6.45) is 11.2. The molecule has 0 radical (unpaired) electrons. The van der Waals surface area contributed by atoms with Crippen LogP contribution in [-0.4, -0.2) is 42.7 Å². The molecule has 0 aliphatic carbocycles. The number of hydrogen-bond acceptors (Lipinski definition) is 1. The SMILES string of the molecule is CCCCCC[N+]1(CCCCCC)CCNCC1(C)C. The van der Waals surface area contributed by atoms with Crippen LogP contribution in [-0.2, 0) is 0 Å². The molecule has 1 saturated heterocycles. The Morgan fingerprint density at radius 3 is 1.85 bits per heavy atom. The van der Waals surface area contributed by atoms with Gasteiger partial charge in [-0.15, -0.1) is 0 Å². The maximum absolute atomic E-state index is 3.62. The molecule has 0 aromatic carbocycles. The molecule has 0 atom stereocenters. The van der Waals surface area contributed by atoms with Crippen molar-refractivity contribution in [3.05, 3.63) is 0 Å². The molecule has 1 aliphatic rings. The Balaban J connectivity index is 2.56. The van der Waals surface area contributed by atoms with Gasteiger partial charge in [0.05, 0.1) is 26.2 Å². The van der Waals surface area contributed by atoms with E-state index < -0.39 is 0 Å². The first-order valence-electron chi connectivity index (χ1n) is 9.15. The molecule has 0 unspecified atom stereocenters. The van der Waals surface area contributed by atoms with Crippen molar-refractivity contribution in [2.24, 2.45) is 0 Å². The molecule has 0 spiro atoms. The summed E-state index contributed by atoms with van der Waals surface area (Å²) >= 11 is 0. The quantitative estimate of drug-likeness (QED) is 0.464. The first kappa shape index (κ1) is 18.0.